The molecule has 1 aliphatic rings. The lowest BCUT2D eigenvalue weighted by Gasteiger charge is -2.37. The van der Waals surface area contributed by atoms with Crippen molar-refractivity contribution in [3.63, 3.8) is 0 Å². The van der Waals surface area contributed by atoms with E-state index < -0.39 is 5.60 Å². The first-order chi connectivity index (χ1) is 8.56. The van der Waals surface area contributed by atoms with Crippen LogP contribution in [-0.4, -0.2) is 45.0 Å². The van der Waals surface area contributed by atoms with Gasteiger partial charge in [-0.25, -0.2) is 0 Å². The Hall–Kier alpha value is -0.870. The van der Waals surface area contributed by atoms with E-state index in [0.29, 0.717) is 0 Å². The molecule has 0 amide bonds. The van der Waals surface area contributed by atoms with Crippen molar-refractivity contribution in [2.45, 2.75) is 45.1 Å². The van der Waals surface area contributed by atoms with Crippen LogP contribution in [0.2, 0.25) is 0 Å². The summed E-state index contributed by atoms with van der Waals surface area (Å²) in [6.45, 7) is 7.39. The summed E-state index contributed by atoms with van der Waals surface area (Å²) in [4.78, 5) is 2.40. The first-order valence-electron chi connectivity index (χ1n) is 7.03. The van der Waals surface area contributed by atoms with Crippen LogP contribution in [0.4, 0.5) is 0 Å². The summed E-state index contributed by atoms with van der Waals surface area (Å²) in [6.07, 6.45) is 3.42. The van der Waals surface area contributed by atoms with E-state index in [9.17, 15) is 5.11 Å². The predicted octanol–water partition coefficient (Wildman–Crippen LogP) is 1.37. The Balaban J connectivity index is 2.02. The Bertz CT molecular complexity index is 392. The second kappa shape index (κ2) is 5.41. The van der Waals surface area contributed by atoms with Gasteiger partial charge in [0, 0.05) is 32.3 Å². The molecule has 0 spiro atoms. The van der Waals surface area contributed by atoms with Crippen LogP contribution in [0, 0.1) is 0 Å². The van der Waals surface area contributed by atoms with Crippen molar-refractivity contribution in [3.05, 3.63) is 17.5 Å². The van der Waals surface area contributed by atoms with E-state index in [-0.39, 0.29) is 0 Å². The fourth-order valence-electron chi connectivity index (χ4n) is 2.71. The van der Waals surface area contributed by atoms with Crippen molar-refractivity contribution in [2.75, 3.05) is 19.6 Å². The third-order valence-corrected chi connectivity index (χ3v) is 4.13. The monoisotopic (exact) mass is 251 g/mol. The van der Waals surface area contributed by atoms with E-state index in [0.717, 1.165) is 56.7 Å². The van der Waals surface area contributed by atoms with Crippen LogP contribution in [0.5, 0.6) is 0 Å². The van der Waals surface area contributed by atoms with Gasteiger partial charge in [0.1, 0.15) is 0 Å². The van der Waals surface area contributed by atoms with Gasteiger partial charge in [0.25, 0.3) is 0 Å². The van der Waals surface area contributed by atoms with E-state index in [1.54, 1.807) is 0 Å². The van der Waals surface area contributed by atoms with Crippen LogP contribution >= 0.6 is 0 Å². The molecule has 0 aliphatic carbocycles. The molecule has 1 saturated heterocycles. The van der Waals surface area contributed by atoms with Gasteiger partial charge in [-0.15, -0.1) is 0 Å². The number of aliphatic hydroxyl groups is 1. The van der Waals surface area contributed by atoms with Gasteiger partial charge in [-0.2, -0.15) is 5.10 Å². The smallest absolute Gasteiger partial charge is 0.0727 e. The molecular formula is C14H25N3O. The largest absolute Gasteiger partial charge is 0.389 e. The Kier molecular flexibility index (Phi) is 4.07. The molecule has 2 rings (SSSR count). The molecule has 1 fully saturated rings. The minimum Gasteiger partial charge on any atom is -0.389 e. The number of hydrogen-bond donors (Lipinski definition) is 1. The molecule has 4 heteroatoms. The fourth-order valence-corrected chi connectivity index (χ4v) is 2.71. The van der Waals surface area contributed by atoms with Gasteiger partial charge in [-0.1, -0.05) is 13.8 Å². The number of rotatable bonds is 4. The highest BCUT2D eigenvalue weighted by Gasteiger charge is 2.32. The average molecular weight is 251 g/mol. The van der Waals surface area contributed by atoms with Crippen LogP contribution in [0.3, 0.4) is 0 Å². The quantitative estimate of drug-likeness (QED) is 0.879. The van der Waals surface area contributed by atoms with Gasteiger partial charge < -0.3 is 10.0 Å². The molecule has 0 bridgehead atoms. The number of aryl methyl sites for hydroxylation is 2. The molecule has 102 valence electrons. The zero-order valence-corrected chi connectivity index (χ0v) is 11.8. The predicted molar refractivity (Wildman–Crippen MR) is 72.6 cm³/mol. The van der Waals surface area contributed by atoms with Crippen molar-refractivity contribution in [1.29, 1.82) is 0 Å². The van der Waals surface area contributed by atoms with E-state index in [1.165, 1.54) is 0 Å². The number of piperidine rings is 1. The molecule has 1 aromatic rings. The maximum absolute atomic E-state index is 10.7. The lowest BCUT2D eigenvalue weighted by atomic mass is 9.87. The van der Waals surface area contributed by atoms with Crippen molar-refractivity contribution in [1.82, 2.24) is 14.7 Å². The fraction of sp³-hybridized carbons (Fsp3) is 0.786. The maximum Gasteiger partial charge on any atom is 0.0727 e. The van der Waals surface area contributed by atoms with Gasteiger partial charge in [-0.3, -0.25) is 4.68 Å². The van der Waals surface area contributed by atoms with Gasteiger partial charge >= 0.3 is 0 Å². The summed E-state index contributed by atoms with van der Waals surface area (Å²) in [6, 6.07) is 2.13. The Morgan fingerprint density at radius 1 is 1.33 bits per heavy atom. The average Bonchev–Trinajstić information content (AvgIpc) is 2.71. The summed E-state index contributed by atoms with van der Waals surface area (Å²) in [5, 5.41) is 15.1. The van der Waals surface area contributed by atoms with E-state index >= 15 is 0 Å². The van der Waals surface area contributed by atoms with Crippen LogP contribution in [0.25, 0.3) is 0 Å². The molecule has 1 aromatic heterocycles. The number of nitrogens with zero attached hydrogens (tertiary/aromatic N) is 3. The summed E-state index contributed by atoms with van der Waals surface area (Å²) in [5.74, 6) is 0. The number of aromatic nitrogens is 2. The molecular weight excluding hydrogens is 226 g/mol. The van der Waals surface area contributed by atoms with Crippen LogP contribution in [0.15, 0.2) is 6.07 Å². The zero-order valence-electron chi connectivity index (χ0n) is 11.8. The molecule has 1 aliphatic heterocycles. The number of hydrogen-bond acceptors (Lipinski definition) is 3. The van der Waals surface area contributed by atoms with Crippen LogP contribution in [-0.2, 0) is 19.9 Å². The summed E-state index contributed by atoms with van der Waals surface area (Å²) >= 11 is 0. The molecule has 0 atom stereocenters. The van der Waals surface area contributed by atoms with Gasteiger partial charge in [0.05, 0.1) is 11.3 Å². The summed E-state index contributed by atoms with van der Waals surface area (Å²) in [7, 11) is 1.97. The lowest BCUT2D eigenvalue weighted by molar-refractivity contribution is -0.0207. The van der Waals surface area contributed by atoms with Crippen molar-refractivity contribution in [2.24, 2.45) is 7.05 Å². The molecule has 0 radical (unpaired) electrons. The SMILES string of the molecule is CCc1cc(CC2(O)CCN(CC)CC2)n(C)n1. The van der Waals surface area contributed by atoms with Crippen LogP contribution in [0.1, 0.15) is 38.1 Å². The summed E-state index contributed by atoms with van der Waals surface area (Å²) in [5.41, 5.74) is 1.73. The van der Waals surface area contributed by atoms with E-state index in [4.69, 9.17) is 0 Å². The standard InChI is InChI=1S/C14H25N3O/c1-4-12-10-13(16(3)15-12)11-14(18)6-8-17(5-2)9-7-14/h10,18H,4-9,11H2,1-3H3. The first-order valence-corrected chi connectivity index (χ1v) is 7.03. The molecule has 0 unspecified atom stereocenters. The third-order valence-electron chi connectivity index (χ3n) is 4.13. The van der Waals surface area contributed by atoms with Crippen molar-refractivity contribution < 1.29 is 5.11 Å². The minimum atomic E-state index is -0.537. The second-order valence-electron chi connectivity index (χ2n) is 5.44. The zero-order chi connectivity index (χ0) is 13.2. The van der Waals surface area contributed by atoms with Gasteiger partial charge in [0.2, 0.25) is 0 Å². The van der Waals surface area contributed by atoms with E-state index in [2.05, 4.69) is 29.9 Å². The topological polar surface area (TPSA) is 41.3 Å². The molecule has 0 saturated carbocycles. The Morgan fingerprint density at radius 2 is 2.00 bits per heavy atom. The molecule has 1 N–H and O–H groups in total. The van der Waals surface area contributed by atoms with Crippen molar-refractivity contribution >= 4 is 0 Å². The molecule has 2 heterocycles. The number of likely N-dealkylation sites (tertiary alicyclic amines) is 1. The Morgan fingerprint density at radius 3 is 2.50 bits per heavy atom. The highest BCUT2D eigenvalue weighted by molar-refractivity contribution is 5.13. The van der Waals surface area contributed by atoms with Crippen LogP contribution < -0.4 is 0 Å². The molecule has 4 nitrogen and oxygen atoms in total. The van der Waals surface area contributed by atoms with Gasteiger partial charge in [0.15, 0.2) is 0 Å². The highest BCUT2D eigenvalue weighted by atomic mass is 16.3. The maximum atomic E-state index is 10.7. The molecule has 0 aromatic carbocycles. The van der Waals surface area contributed by atoms with Crippen molar-refractivity contribution in [3.8, 4) is 0 Å². The minimum absolute atomic E-state index is 0.537. The van der Waals surface area contributed by atoms with E-state index in [1.807, 2.05) is 11.7 Å². The Labute approximate surface area is 110 Å². The first kappa shape index (κ1) is 13.6. The van der Waals surface area contributed by atoms with Gasteiger partial charge in [-0.05, 0) is 31.9 Å². The third kappa shape index (κ3) is 2.93. The molecule has 18 heavy (non-hydrogen) atoms. The lowest BCUT2D eigenvalue weighted by Crippen LogP contribution is -2.45. The normalized spacial score (nSPS) is 20.2. The highest BCUT2D eigenvalue weighted by Crippen LogP contribution is 2.26. The second-order valence-corrected chi connectivity index (χ2v) is 5.44. The summed E-state index contributed by atoms with van der Waals surface area (Å²) < 4.78 is 1.92.